The van der Waals surface area contributed by atoms with Crippen LogP contribution < -0.4 is 13.9 Å². The third-order valence-corrected chi connectivity index (χ3v) is 12.5. The highest BCUT2D eigenvalue weighted by Crippen LogP contribution is 2.47. The molecule has 11 rings (SSSR count). The first-order valence-corrected chi connectivity index (χ1v) is 23.6. The molecule has 3 aromatic heterocycles. The standard InChI is InChI=1S/C63H57N7O/c1-61(2,3)43-35-44(68-40-69(53-32-19-18-31-52(53)68)57-46(41-23-12-10-13-24-41)28-22-29-47(57)42-25-14-11-15-26-42)37-45(36-43)71-55-39-54-49(48-27-16-17-30-51(48)70(54)56-33-20-21-34-64-56)38-50(55)58-65-59(62(4,5)6)67-60(66-58)63(7,8)9/h10-39H,1-9H3/q+2/i10D,11D,12D,13D,14D,15D,23D,24D,25D,26D. The number of benzene rings is 7. The van der Waals surface area contributed by atoms with E-state index in [1.807, 2.05) is 83.4 Å². The van der Waals surface area contributed by atoms with Crippen molar-refractivity contribution in [3.63, 3.8) is 0 Å². The van der Waals surface area contributed by atoms with Crippen molar-refractivity contribution in [2.24, 2.45) is 0 Å². The SMILES string of the molecule is [2H]c1c([2H])c([2H])c(-c2cccc(-c3c([2H])c([2H])c([2H])c([2H])c3[2H])c2[N+]2=C=[N+](c3cc(Oc4cc5c(cc4-c4nc(C(C)(C)C)nc(C(C)(C)C)n4)c4ccccc4n5-c4ccccn4)cc(C(C)(C)C)c3)c3ccccc32)c([2H])c1[2H]. The molecule has 8 nitrogen and oxygen atoms in total. The Morgan fingerprint density at radius 2 is 1.14 bits per heavy atom. The lowest BCUT2D eigenvalue weighted by Crippen LogP contribution is -2.24. The van der Waals surface area contributed by atoms with Crippen LogP contribution in [-0.4, -0.2) is 30.5 Å². The van der Waals surface area contributed by atoms with Gasteiger partial charge in [-0.3, -0.25) is 4.57 Å². The van der Waals surface area contributed by atoms with Crippen LogP contribution in [0.1, 0.15) is 93.2 Å². The van der Waals surface area contributed by atoms with Crippen LogP contribution in [0, 0.1) is 0 Å². The molecule has 0 atom stereocenters. The van der Waals surface area contributed by atoms with Gasteiger partial charge in [-0.15, -0.1) is 0 Å². The van der Waals surface area contributed by atoms with Crippen molar-refractivity contribution in [1.29, 1.82) is 0 Å². The molecule has 0 saturated carbocycles. The van der Waals surface area contributed by atoms with Crippen molar-refractivity contribution in [3.05, 3.63) is 199 Å². The van der Waals surface area contributed by atoms with Gasteiger partial charge in [-0.1, -0.05) is 165 Å². The van der Waals surface area contributed by atoms with E-state index < -0.39 is 76.7 Å². The Bertz CT molecular complexity index is 4200. The Labute approximate surface area is 430 Å². The van der Waals surface area contributed by atoms with E-state index in [1.165, 1.54) is 0 Å². The second kappa shape index (κ2) is 17.3. The molecular formula is C63H57N7O+2. The molecule has 71 heavy (non-hydrogen) atoms. The van der Waals surface area contributed by atoms with Crippen LogP contribution >= 0.6 is 0 Å². The van der Waals surface area contributed by atoms with Gasteiger partial charge in [0.15, 0.2) is 5.82 Å². The zero-order valence-electron chi connectivity index (χ0n) is 51.1. The van der Waals surface area contributed by atoms with Gasteiger partial charge in [0.1, 0.15) is 29.0 Å². The molecule has 0 amide bonds. The number of nitrogens with zero attached hydrogens (tertiary/aromatic N) is 7. The molecule has 0 radical (unpaired) electrons. The van der Waals surface area contributed by atoms with Gasteiger partial charge in [0.2, 0.25) is 11.4 Å². The zero-order valence-corrected chi connectivity index (χ0v) is 41.1. The van der Waals surface area contributed by atoms with E-state index in [-0.39, 0.29) is 27.9 Å². The summed E-state index contributed by atoms with van der Waals surface area (Å²) in [5.74, 6) is 3.33. The van der Waals surface area contributed by atoms with Crippen LogP contribution in [0.4, 0.5) is 22.7 Å². The largest absolute Gasteiger partial charge is 0.503 e. The van der Waals surface area contributed by atoms with E-state index in [2.05, 4.69) is 91.1 Å². The summed E-state index contributed by atoms with van der Waals surface area (Å²) < 4.78 is 101. The van der Waals surface area contributed by atoms with Crippen molar-refractivity contribution in [1.82, 2.24) is 33.7 Å². The van der Waals surface area contributed by atoms with Gasteiger partial charge in [0.05, 0.1) is 47.5 Å². The van der Waals surface area contributed by atoms with E-state index in [0.717, 1.165) is 33.2 Å². The Kier molecular flexibility index (Phi) is 8.48. The van der Waals surface area contributed by atoms with Crippen LogP contribution in [0.3, 0.4) is 0 Å². The average molecular weight is 938 g/mol. The fraction of sp³-hybridized carbons (Fsp3) is 0.190. The first kappa shape index (κ1) is 34.9. The van der Waals surface area contributed by atoms with Gasteiger partial charge in [-0.2, -0.15) is 0 Å². The van der Waals surface area contributed by atoms with Gasteiger partial charge in [0, 0.05) is 52.1 Å². The predicted molar refractivity (Wildman–Crippen MR) is 292 cm³/mol. The molecule has 7 aromatic carbocycles. The molecule has 0 unspecified atom stereocenters. The van der Waals surface area contributed by atoms with E-state index in [4.69, 9.17) is 32.9 Å². The molecule has 348 valence electrons. The van der Waals surface area contributed by atoms with Gasteiger partial charge < -0.3 is 4.74 Å². The summed E-state index contributed by atoms with van der Waals surface area (Å²) in [6.45, 7) is 18.8. The highest BCUT2D eigenvalue weighted by atomic mass is 16.5. The summed E-state index contributed by atoms with van der Waals surface area (Å²) in [5.41, 5.74) is 3.87. The van der Waals surface area contributed by atoms with E-state index in [0.29, 0.717) is 51.6 Å². The maximum atomic E-state index is 9.18. The summed E-state index contributed by atoms with van der Waals surface area (Å²) in [4.78, 5) is 20.2. The number of para-hydroxylation sites is 4. The van der Waals surface area contributed by atoms with Crippen molar-refractivity contribution < 1.29 is 18.4 Å². The molecule has 0 fully saturated rings. The minimum absolute atomic E-state index is 0.140. The summed E-state index contributed by atoms with van der Waals surface area (Å²) in [6, 6.07) is 34.5. The third-order valence-electron chi connectivity index (χ3n) is 12.5. The Morgan fingerprint density at radius 3 is 1.75 bits per heavy atom. The lowest BCUT2D eigenvalue weighted by molar-refractivity contribution is 0.478. The molecule has 0 saturated heterocycles. The van der Waals surface area contributed by atoms with Crippen LogP contribution in [0.25, 0.3) is 61.3 Å². The van der Waals surface area contributed by atoms with E-state index >= 15 is 0 Å². The second-order valence-electron chi connectivity index (χ2n) is 20.7. The maximum Gasteiger partial charge on any atom is 0.503 e. The fourth-order valence-electron chi connectivity index (χ4n) is 8.86. The predicted octanol–water partition coefficient (Wildman–Crippen LogP) is 15.9. The van der Waals surface area contributed by atoms with Crippen LogP contribution in [0.5, 0.6) is 11.5 Å². The topological polar surface area (TPSA) is 71.7 Å². The summed E-state index contributed by atoms with van der Waals surface area (Å²) >= 11 is 0. The number of ether oxygens (including phenoxy) is 1. The molecular weight excluding hydrogens is 871 g/mol. The van der Waals surface area contributed by atoms with Gasteiger partial charge in [-0.05, 0) is 73.7 Å². The smallest absolute Gasteiger partial charge is 0.456 e. The lowest BCUT2D eigenvalue weighted by atomic mass is 9.86. The number of fused-ring (bicyclic) bond motifs is 4. The molecule has 0 spiro atoms. The highest BCUT2D eigenvalue weighted by molar-refractivity contribution is 6.11. The lowest BCUT2D eigenvalue weighted by Gasteiger charge is -2.23. The maximum absolute atomic E-state index is 9.18. The minimum Gasteiger partial charge on any atom is -0.456 e. The molecule has 0 bridgehead atoms. The van der Waals surface area contributed by atoms with Crippen molar-refractivity contribution >= 4 is 50.6 Å². The number of rotatable bonds is 8. The molecule has 4 heterocycles. The number of pyridine rings is 1. The van der Waals surface area contributed by atoms with E-state index in [9.17, 15) is 5.48 Å². The Balaban J connectivity index is 1.21. The molecule has 1 aliphatic rings. The first-order chi connectivity index (χ1) is 38.2. The molecule has 0 N–H and O–H groups in total. The van der Waals surface area contributed by atoms with Crippen LogP contribution in [-0.2, 0) is 16.2 Å². The number of hydrogen-bond acceptors (Lipinski definition) is 5. The molecule has 10 aromatic rings. The third kappa shape index (κ3) is 8.40. The quantitative estimate of drug-likeness (QED) is 0.142. The Hall–Kier alpha value is -8.32. The zero-order chi connectivity index (χ0) is 57.9. The minimum atomic E-state index is -0.579. The molecule has 0 aliphatic carbocycles. The van der Waals surface area contributed by atoms with Crippen molar-refractivity contribution in [2.45, 2.75) is 78.6 Å². The normalized spacial score (nSPS) is 14.8. The molecule has 1 aliphatic heterocycles. The van der Waals surface area contributed by atoms with Gasteiger partial charge in [0.25, 0.3) is 11.4 Å². The van der Waals surface area contributed by atoms with Crippen molar-refractivity contribution in [3.8, 4) is 51.0 Å². The van der Waals surface area contributed by atoms with Crippen molar-refractivity contribution in [2.75, 3.05) is 0 Å². The number of hydrogen-bond donors (Lipinski definition) is 0. The highest BCUT2D eigenvalue weighted by Gasteiger charge is 2.40. The average Bonchev–Trinajstić information content (AvgIpc) is 4.25. The van der Waals surface area contributed by atoms with Gasteiger partial charge in [-0.25, -0.2) is 19.9 Å². The first-order valence-electron chi connectivity index (χ1n) is 28.6. The summed E-state index contributed by atoms with van der Waals surface area (Å²) in [5, 5.41) is 1.93. The fourth-order valence-corrected chi connectivity index (χ4v) is 8.86. The second-order valence-corrected chi connectivity index (χ2v) is 20.7. The summed E-state index contributed by atoms with van der Waals surface area (Å²) in [7, 11) is 0. The van der Waals surface area contributed by atoms with E-state index in [1.54, 1.807) is 29.0 Å². The molecule has 8 heteroatoms. The Morgan fingerprint density at radius 1 is 0.535 bits per heavy atom. The van der Waals surface area contributed by atoms with Crippen LogP contribution in [0.15, 0.2) is 182 Å². The monoisotopic (exact) mass is 938 g/mol. The number of aromatic nitrogens is 5. The summed E-state index contributed by atoms with van der Waals surface area (Å²) in [6.07, 6.45) is 1.77. The van der Waals surface area contributed by atoms with Gasteiger partial charge >= 0.3 is 6.01 Å². The van der Waals surface area contributed by atoms with Crippen LogP contribution in [0.2, 0.25) is 0 Å².